The van der Waals surface area contributed by atoms with Crippen molar-refractivity contribution in [2.75, 3.05) is 7.11 Å². The smallest absolute Gasteiger partial charge is 0.227 e. The Morgan fingerprint density at radius 2 is 1.88 bits per heavy atom. The summed E-state index contributed by atoms with van der Waals surface area (Å²) in [4.78, 5) is 4.51. The van der Waals surface area contributed by atoms with Gasteiger partial charge in [0.1, 0.15) is 5.52 Å². The van der Waals surface area contributed by atoms with Crippen LogP contribution >= 0.6 is 0 Å². The number of fused-ring (bicyclic) bond motifs is 1. The van der Waals surface area contributed by atoms with E-state index in [9.17, 15) is 4.39 Å². The molecule has 24 heavy (non-hydrogen) atoms. The van der Waals surface area contributed by atoms with E-state index in [1.54, 1.807) is 6.07 Å². The van der Waals surface area contributed by atoms with Gasteiger partial charge in [0.15, 0.2) is 17.1 Å². The number of benzene rings is 3. The summed E-state index contributed by atoms with van der Waals surface area (Å²) in [5, 5.41) is 0. The first kappa shape index (κ1) is 14.5. The van der Waals surface area contributed by atoms with E-state index in [1.165, 1.54) is 13.2 Å². The predicted molar refractivity (Wildman–Crippen MR) is 90.2 cm³/mol. The van der Waals surface area contributed by atoms with Gasteiger partial charge < -0.3 is 9.15 Å². The first-order valence-electron chi connectivity index (χ1n) is 7.46. The fourth-order valence-corrected chi connectivity index (χ4v) is 2.59. The molecule has 1 radical (unpaired) electrons. The molecule has 0 bridgehead atoms. The van der Waals surface area contributed by atoms with Crippen LogP contribution in [0.5, 0.6) is 5.75 Å². The van der Waals surface area contributed by atoms with Gasteiger partial charge in [-0.05, 0) is 47.5 Å². The van der Waals surface area contributed by atoms with E-state index in [2.05, 4.69) is 11.1 Å². The van der Waals surface area contributed by atoms with Gasteiger partial charge in [0.05, 0.1) is 7.11 Å². The Bertz CT molecular complexity index is 1010. The number of rotatable bonds is 3. The fourth-order valence-electron chi connectivity index (χ4n) is 2.59. The van der Waals surface area contributed by atoms with Gasteiger partial charge in [-0.25, -0.2) is 9.37 Å². The molecule has 4 heteroatoms. The van der Waals surface area contributed by atoms with Crippen LogP contribution < -0.4 is 4.74 Å². The second kappa shape index (κ2) is 5.81. The Morgan fingerprint density at radius 1 is 1.04 bits per heavy atom. The van der Waals surface area contributed by atoms with Gasteiger partial charge in [-0.2, -0.15) is 0 Å². The molecule has 0 amide bonds. The largest absolute Gasteiger partial charge is 0.494 e. The summed E-state index contributed by atoms with van der Waals surface area (Å²) in [6.07, 6.45) is 0. The second-order valence-electron chi connectivity index (χ2n) is 5.33. The van der Waals surface area contributed by atoms with E-state index in [0.717, 1.165) is 22.2 Å². The van der Waals surface area contributed by atoms with Crippen LogP contribution in [0, 0.1) is 11.9 Å². The number of hydrogen-bond acceptors (Lipinski definition) is 3. The van der Waals surface area contributed by atoms with Crippen molar-refractivity contribution in [2.24, 2.45) is 0 Å². The Balaban J connectivity index is 1.77. The van der Waals surface area contributed by atoms with E-state index in [4.69, 9.17) is 9.15 Å². The lowest BCUT2D eigenvalue weighted by Gasteiger charge is -2.05. The van der Waals surface area contributed by atoms with E-state index in [-0.39, 0.29) is 5.75 Å². The van der Waals surface area contributed by atoms with Gasteiger partial charge in [0, 0.05) is 5.56 Å². The molecular weight excluding hydrogens is 305 g/mol. The van der Waals surface area contributed by atoms with Crippen LogP contribution in [0.4, 0.5) is 4.39 Å². The Morgan fingerprint density at radius 3 is 2.62 bits per heavy atom. The minimum atomic E-state index is -0.394. The van der Waals surface area contributed by atoms with Crippen LogP contribution in [0.15, 0.2) is 65.1 Å². The lowest BCUT2D eigenvalue weighted by atomic mass is 10.0. The highest BCUT2D eigenvalue weighted by Crippen LogP contribution is 2.30. The van der Waals surface area contributed by atoms with Crippen molar-refractivity contribution in [3.8, 4) is 28.3 Å². The molecule has 1 aromatic heterocycles. The third-order valence-corrected chi connectivity index (χ3v) is 3.81. The number of aromatic nitrogens is 1. The van der Waals surface area contributed by atoms with Crippen molar-refractivity contribution in [3.63, 3.8) is 0 Å². The number of ether oxygens (including phenoxy) is 1. The highest BCUT2D eigenvalue weighted by atomic mass is 19.1. The standard InChI is InChI=1S/C20H13FNO2/c1-23-18-9-7-14(11-16(18)21)15-8-10-19-17(12-15)22-20(24-19)13-5-3-2-4-6-13/h2-5,7-12H,1H3. The van der Waals surface area contributed by atoms with Crippen LogP contribution in [0.1, 0.15) is 0 Å². The molecule has 0 saturated carbocycles. The number of hydrogen-bond donors (Lipinski definition) is 0. The highest BCUT2D eigenvalue weighted by Gasteiger charge is 2.10. The van der Waals surface area contributed by atoms with E-state index in [1.807, 2.05) is 48.5 Å². The average molecular weight is 318 g/mol. The Kier molecular flexibility index (Phi) is 3.50. The summed E-state index contributed by atoms with van der Waals surface area (Å²) < 4.78 is 24.6. The third-order valence-electron chi connectivity index (χ3n) is 3.81. The fraction of sp³-hybridized carbons (Fsp3) is 0.0500. The minimum Gasteiger partial charge on any atom is -0.494 e. The molecule has 4 rings (SSSR count). The lowest BCUT2D eigenvalue weighted by molar-refractivity contribution is 0.386. The molecule has 0 aliphatic rings. The van der Waals surface area contributed by atoms with Crippen LogP contribution in [-0.4, -0.2) is 12.1 Å². The Hall–Kier alpha value is -3.14. The van der Waals surface area contributed by atoms with Crippen molar-refractivity contribution in [1.29, 1.82) is 0 Å². The van der Waals surface area contributed by atoms with Crippen molar-refractivity contribution in [1.82, 2.24) is 4.98 Å². The monoisotopic (exact) mass is 318 g/mol. The third kappa shape index (κ3) is 2.52. The summed E-state index contributed by atoms with van der Waals surface area (Å²) in [5.41, 5.74) is 3.81. The zero-order valence-electron chi connectivity index (χ0n) is 12.9. The quantitative estimate of drug-likeness (QED) is 0.526. The number of oxazole rings is 1. The van der Waals surface area contributed by atoms with Crippen LogP contribution in [0.25, 0.3) is 33.7 Å². The molecule has 0 spiro atoms. The number of methoxy groups -OCH3 is 1. The van der Waals surface area contributed by atoms with Crippen molar-refractivity contribution >= 4 is 11.1 Å². The number of nitrogens with zero attached hydrogens (tertiary/aromatic N) is 1. The van der Waals surface area contributed by atoms with Gasteiger partial charge in [-0.3, -0.25) is 0 Å². The summed E-state index contributed by atoms with van der Waals surface area (Å²) in [6, 6.07) is 21.1. The maximum atomic E-state index is 13.9. The molecular formula is C20H13FNO2. The lowest BCUT2D eigenvalue weighted by Crippen LogP contribution is -1.88. The second-order valence-corrected chi connectivity index (χ2v) is 5.33. The first-order valence-corrected chi connectivity index (χ1v) is 7.46. The van der Waals surface area contributed by atoms with Crippen molar-refractivity contribution < 1.29 is 13.5 Å². The van der Waals surface area contributed by atoms with Crippen LogP contribution in [0.2, 0.25) is 0 Å². The molecule has 0 N–H and O–H groups in total. The van der Waals surface area contributed by atoms with Crippen molar-refractivity contribution in [3.05, 3.63) is 72.5 Å². The normalized spacial score (nSPS) is 10.9. The molecule has 0 atom stereocenters. The summed E-state index contributed by atoms with van der Waals surface area (Å²) in [5.74, 6) is 0.349. The van der Waals surface area contributed by atoms with Crippen molar-refractivity contribution in [2.45, 2.75) is 0 Å². The average Bonchev–Trinajstić information content (AvgIpc) is 3.05. The van der Waals surface area contributed by atoms with Gasteiger partial charge >= 0.3 is 0 Å². The molecule has 3 aromatic carbocycles. The molecule has 0 unspecified atom stereocenters. The van der Waals surface area contributed by atoms with Gasteiger partial charge in [0.2, 0.25) is 5.89 Å². The predicted octanol–water partition coefficient (Wildman–Crippen LogP) is 5.11. The molecule has 0 fully saturated rings. The van der Waals surface area contributed by atoms with E-state index < -0.39 is 5.82 Å². The zero-order valence-corrected chi connectivity index (χ0v) is 12.9. The zero-order chi connectivity index (χ0) is 16.5. The Labute approximate surface area is 138 Å². The molecule has 4 aromatic rings. The van der Waals surface area contributed by atoms with E-state index >= 15 is 0 Å². The number of halogens is 1. The minimum absolute atomic E-state index is 0.225. The molecule has 0 aliphatic heterocycles. The maximum absolute atomic E-state index is 13.9. The highest BCUT2D eigenvalue weighted by molar-refractivity contribution is 5.82. The molecule has 117 valence electrons. The van der Waals surface area contributed by atoms with Gasteiger partial charge in [-0.15, -0.1) is 0 Å². The SMILES string of the molecule is COc1ccc(-c2ccc3oc(-c4[c]cccc4)nc3c2)cc1F. The van der Waals surface area contributed by atoms with Gasteiger partial charge in [-0.1, -0.05) is 30.3 Å². The summed E-state index contributed by atoms with van der Waals surface area (Å²) >= 11 is 0. The van der Waals surface area contributed by atoms with Crippen LogP contribution in [0.3, 0.4) is 0 Å². The molecule has 0 aliphatic carbocycles. The maximum Gasteiger partial charge on any atom is 0.227 e. The van der Waals surface area contributed by atoms with Gasteiger partial charge in [0.25, 0.3) is 0 Å². The molecule has 1 heterocycles. The summed E-state index contributed by atoms with van der Waals surface area (Å²) in [7, 11) is 1.45. The molecule has 3 nitrogen and oxygen atoms in total. The first-order chi connectivity index (χ1) is 11.7. The topological polar surface area (TPSA) is 35.3 Å². The molecule has 0 saturated heterocycles. The van der Waals surface area contributed by atoms with Crippen LogP contribution in [-0.2, 0) is 0 Å². The van der Waals surface area contributed by atoms with E-state index in [0.29, 0.717) is 11.5 Å². The summed E-state index contributed by atoms with van der Waals surface area (Å²) in [6.45, 7) is 0.